The van der Waals surface area contributed by atoms with Crippen molar-refractivity contribution < 1.29 is 14.5 Å². The summed E-state index contributed by atoms with van der Waals surface area (Å²) in [5.41, 5.74) is 1.03. The van der Waals surface area contributed by atoms with Gasteiger partial charge in [0, 0.05) is 16.6 Å². The normalized spacial score (nSPS) is 10.1. The number of benzene rings is 2. The van der Waals surface area contributed by atoms with E-state index in [1.54, 1.807) is 25.1 Å². The number of aldehydes is 1. The first kappa shape index (κ1) is 14.2. The number of nitro benzene ring substituents is 1. The van der Waals surface area contributed by atoms with Gasteiger partial charge in [-0.05, 0) is 36.8 Å². The first-order valence-electron chi connectivity index (χ1n) is 5.69. The Morgan fingerprint density at radius 1 is 1.20 bits per heavy atom. The maximum atomic E-state index is 11.0. The molecular weight excluding hydrogens is 326 g/mol. The second kappa shape index (κ2) is 5.83. The molecule has 102 valence electrons. The molecule has 2 rings (SSSR count). The molecule has 0 atom stereocenters. The fourth-order valence-corrected chi connectivity index (χ4v) is 2.06. The van der Waals surface area contributed by atoms with Crippen LogP contribution >= 0.6 is 15.9 Å². The summed E-state index contributed by atoms with van der Waals surface area (Å²) >= 11 is 3.27. The lowest BCUT2D eigenvalue weighted by molar-refractivity contribution is -0.384. The predicted molar refractivity (Wildman–Crippen MR) is 77.4 cm³/mol. The third kappa shape index (κ3) is 3.03. The van der Waals surface area contributed by atoms with Gasteiger partial charge >= 0.3 is 0 Å². The van der Waals surface area contributed by atoms with Crippen LogP contribution in [0.4, 0.5) is 5.69 Å². The van der Waals surface area contributed by atoms with E-state index >= 15 is 0 Å². The monoisotopic (exact) mass is 335 g/mol. The van der Waals surface area contributed by atoms with Gasteiger partial charge in [0.25, 0.3) is 5.69 Å². The quantitative estimate of drug-likeness (QED) is 0.475. The molecule has 0 aliphatic rings. The second-order valence-corrected chi connectivity index (χ2v) is 5.02. The molecule has 0 aromatic heterocycles. The van der Waals surface area contributed by atoms with Crippen molar-refractivity contribution in [2.45, 2.75) is 6.92 Å². The highest BCUT2D eigenvalue weighted by Crippen LogP contribution is 2.30. The number of nitrogens with zero attached hydrogens (tertiary/aromatic N) is 1. The van der Waals surface area contributed by atoms with Crippen molar-refractivity contribution in [3.63, 3.8) is 0 Å². The summed E-state index contributed by atoms with van der Waals surface area (Å²) in [4.78, 5) is 21.2. The van der Waals surface area contributed by atoms with Crippen LogP contribution in [-0.2, 0) is 0 Å². The number of hydrogen-bond donors (Lipinski definition) is 0. The summed E-state index contributed by atoms with van der Waals surface area (Å²) in [6.45, 7) is 1.71. The minimum atomic E-state index is -0.465. The minimum Gasteiger partial charge on any atom is -0.456 e. The number of ether oxygens (including phenoxy) is 1. The highest BCUT2D eigenvalue weighted by molar-refractivity contribution is 9.10. The van der Waals surface area contributed by atoms with E-state index < -0.39 is 4.92 Å². The zero-order chi connectivity index (χ0) is 14.7. The third-order valence-corrected chi connectivity index (χ3v) is 3.18. The third-order valence-electron chi connectivity index (χ3n) is 2.69. The minimum absolute atomic E-state index is 0.00117. The average molecular weight is 336 g/mol. The lowest BCUT2D eigenvalue weighted by Crippen LogP contribution is -1.94. The first-order chi connectivity index (χ1) is 9.51. The lowest BCUT2D eigenvalue weighted by Gasteiger charge is -2.10. The van der Waals surface area contributed by atoms with Gasteiger partial charge in [-0.25, -0.2) is 0 Å². The van der Waals surface area contributed by atoms with Crippen LogP contribution in [-0.4, -0.2) is 11.2 Å². The van der Waals surface area contributed by atoms with Crippen molar-refractivity contribution in [1.82, 2.24) is 0 Å². The Hall–Kier alpha value is -2.21. The molecule has 0 saturated heterocycles. The molecule has 0 spiro atoms. The summed E-state index contributed by atoms with van der Waals surface area (Å²) in [7, 11) is 0. The number of carbonyl (C=O) groups excluding carboxylic acids is 1. The fourth-order valence-electron chi connectivity index (χ4n) is 1.68. The second-order valence-electron chi connectivity index (χ2n) is 4.11. The molecule has 2 aromatic rings. The molecule has 2 aromatic carbocycles. The van der Waals surface area contributed by atoms with Crippen LogP contribution in [0.25, 0.3) is 0 Å². The molecule has 0 N–H and O–H groups in total. The van der Waals surface area contributed by atoms with Gasteiger partial charge in [-0.2, -0.15) is 0 Å². The number of aryl methyl sites for hydroxylation is 1. The molecule has 0 fully saturated rings. The zero-order valence-corrected chi connectivity index (χ0v) is 12.1. The van der Waals surface area contributed by atoms with Crippen LogP contribution < -0.4 is 4.74 Å². The molecule has 0 unspecified atom stereocenters. The summed E-state index contributed by atoms with van der Waals surface area (Å²) in [6.07, 6.45) is 0.695. The topological polar surface area (TPSA) is 69.4 Å². The Balaban J connectivity index is 2.35. The smallest absolute Gasteiger partial charge is 0.269 e. The Kier molecular flexibility index (Phi) is 4.14. The van der Waals surface area contributed by atoms with Gasteiger partial charge in [0.05, 0.1) is 10.5 Å². The van der Waals surface area contributed by atoms with Gasteiger partial charge in [0.1, 0.15) is 11.5 Å². The number of nitro groups is 1. The number of halogens is 1. The molecule has 0 aliphatic carbocycles. The first-order valence-corrected chi connectivity index (χ1v) is 6.48. The van der Waals surface area contributed by atoms with Crippen molar-refractivity contribution in [3.05, 3.63) is 62.1 Å². The van der Waals surface area contributed by atoms with Gasteiger partial charge in [0.2, 0.25) is 0 Å². The van der Waals surface area contributed by atoms with E-state index in [4.69, 9.17) is 4.74 Å². The molecule has 0 radical (unpaired) electrons. The molecule has 0 saturated carbocycles. The maximum Gasteiger partial charge on any atom is 0.269 e. The summed E-state index contributed by atoms with van der Waals surface area (Å²) in [5.74, 6) is 0.876. The highest BCUT2D eigenvalue weighted by Gasteiger charge is 2.11. The van der Waals surface area contributed by atoms with Crippen LogP contribution in [0.2, 0.25) is 0 Å². The number of rotatable bonds is 4. The number of hydrogen-bond acceptors (Lipinski definition) is 4. The van der Waals surface area contributed by atoms with E-state index in [0.717, 1.165) is 4.47 Å². The lowest BCUT2D eigenvalue weighted by atomic mass is 10.2. The van der Waals surface area contributed by atoms with Crippen LogP contribution in [0.5, 0.6) is 11.5 Å². The largest absolute Gasteiger partial charge is 0.456 e. The fraction of sp³-hybridized carbons (Fsp3) is 0.0714. The van der Waals surface area contributed by atoms with Gasteiger partial charge in [-0.3, -0.25) is 14.9 Å². The molecule has 0 aliphatic heterocycles. The average Bonchev–Trinajstić information content (AvgIpc) is 2.42. The van der Waals surface area contributed by atoms with E-state index in [1.807, 2.05) is 0 Å². The van der Waals surface area contributed by atoms with Crippen molar-refractivity contribution in [2.24, 2.45) is 0 Å². The SMILES string of the molecule is Cc1cc([N+](=O)[O-])ccc1Oc1ccc(Br)cc1C=O. The van der Waals surface area contributed by atoms with E-state index in [-0.39, 0.29) is 5.69 Å². The van der Waals surface area contributed by atoms with Crippen LogP contribution in [0.3, 0.4) is 0 Å². The van der Waals surface area contributed by atoms with Crippen LogP contribution in [0.1, 0.15) is 15.9 Å². The zero-order valence-electron chi connectivity index (χ0n) is 10.5. The van der Waals surface area contributed by atoms with Crippen LogP contribution in [0, 0.1) is 17.0 Å². The number of non-ortho nitro benzene ring substituents is 1. The Morgan fingerprint density at radius 2 is 1.90 bits per heavy atom. The molecule has 0 amide bonds. The Bertz CT molecular complexity index is 685. The molecule has 0 bridgehead atoms. The summed E-state index contributed by atoms with van der Waals surface area (Å²) in [5, 5.41) is 10.7. The van der Waals surface area contributed by atoms with Crippen molar-refractivity contribution >= 4 is 27.9 Å². The van der Waals surface area contributed by atoms with Crippen molar-refractivity contribution in [2.75, 3.05) is 0 Å². The van der Waals surface area contributed by atoms with E-state index in [0.29, 0.717) is 28.9 Å². The molecule has 6 heteroatoms. The van der Waals surface area contributed by atoms with Crippen LogP contribution in [0.15, 0.2) is 40.9 Å². The van der Waals surface area contributed by atoms with Gasteiger partial charge in [-0.15, -0.1) is 0 Å². The standard InChI is InChI=1S/C14H10BrNO4/c1-9-6-12(16(18)19)3-5-13(9)20-14-4-2-11(15)7-10(14)8-17/h2-8H,1H3. The van der Waals surface area contributed by atoms with Crippen molar-refractivity contribution in [1.29, 1.82) is 0 Å². The Labute approximate surface area is 123 Å². The van der Waals surface area contributed by atoms with E-state index in [2.05, 4.69) is 15.9 Å². The molecule has 5 nitrogen and oxygen atoms in total. The predicted octanol–water partition coefficient (Wildman–Crippen LogP) is 4.27. The van der Waals surface area contributed by atoms with E-state index in [1.165, 1.54) is 18.2 Å². The molecule has 20 heavy (non-hydrogen) atoms. The van der Waals surface area contributed by atoms with Gasteiger partial charge in [-0.1, -0.05) is 15.9 Å². The van der Waals surface area contributed by atoms with E-state index in [9.17, 15) is 14.9 Å². The summed E-state index contributed by atoms with van der Waals surface area (Å²) in [6, 6.07) is 9.36. The highest BCUT2D eigenvalue weighted by atomic mass is 79.9. The number of carbonyl (C=O) groups is 1. The van der Waals surface area contributed by atoms with Gasteiger partial charge in [0.15, 0.2) is 6.29 Å². The molecular formula is C14H10BrNO4. The summed E-state index contributed by atoms with van der Waals surface area (Å²) < 4.78 is 6.42. The Morgan fingerprint density at radius 3 is 2.50 bits per heavy atom. The molecule has 0 heterocycles. The van der Waals surface area contributed by atoms with Crippen molar-refractivity contribution in [3.8, 4) is 11.5 Å². The van der Waals surface area contributed by atoms with Gasteiger partial charge < -0.3 is 4.74 Å². The maximum absolute atomic E-state index is 11.0.